The highest BCUT2D eigenvalue weighted by Crippen LogP contribution is 2.28. The van der Waals surface area contributed by atoms with Gasteiger partial charge in [-0.25, -0.2) is 4.39 Å². The molecule has 0 aliphatic rings. The van der Waals surface area contributed by atoms with Crippen LogP contribution < -0.4 is 0 Å². The number of phenols is 1. The molecule has 0 fully saturated rings. The van der Waals surface area contributed by atoms with Crippen molar-refractivity contribution in [3.8, 4) is 16.9 Å². The van der Waals surface area contributed by atoms with E-state index in [2.05, 4.69) is 0 Å². The van der Waals surface area contributed by atoms with Crippen molar-refractivity contribution in [3.63, 3.8) is 0 Å². The van der Waals surface area contributed by atoms with E-state index >= 15 is 0 Å². The normalized spacial score (nSPS) is 11.7. The molecular weight excluding hydrogens is 347 g/mol. The molecular formula is C21H29FO3Si. The molecule has 0 saturated carbocycles. The van der Waals surface area contributed by atoms with E-state index in [1.54, 1.807) is 24.3 Å². The van der Waals surface area contributed by atoms with Gasteiger partial charge >= 0.3 is 9.28 Å². The van der Waals surface area contributed by atoms with Crippen LogP contribution in [0.5, 0.6) is 5.75 Å². The van der Waals surface area contributed by atoms with E-state index in [1.807, 2.05) is 33.8 Å². The predicted octanol–water partition coefficient (Wildman–Crippen LogP) is 5.20. The van der Waals surface area contributed by atoms with Gasteiger partial charge in [0, 0.05) is 12.2 Å². The monoisotopic (exact) mass is 376 g/mol. The van der Waals surface area contributed by atoms with Gasteiger partial charge in [-0.3, -0.25) is 0 Å². The van der Waals surface area contributed by atoms with E-state index in [9.17, 15) is 9.50 Å². The van der Waals surface area contributed by atoms with Crippen LogP contribution in [0.25, 0.3) is 11.1 Å². The van der Waals surface area contributed by atoms with Gasteiger partial charge in [0.05, 0.1) is 0 Å². The smallest absolute Gasteiger partial charge is 0.321 e. The molecule has 0 unspecified atom stereocenters. The Hall–Kier alpha value is -1.69. The molecule has 0 aromatic heterocycles. The van der Waals surface area contributed by atoms with Gasteiger partial charge in [0.2, 0.25) is 0 Å². The van der Waals surface area contributed by atoms with Gasteiger partial charge in [0.15, 0.2) is 0 Å². The summed E-state index contributed by atoms with van der Waals surface area (Å²) in [6.45, 7) is 8.13. The molecule has 0 radical (unpaired) electrons. The summed E-state index contributed by atoms with van der Waals surface area (Å²) in [5, 5.41) is 9.87. The lowest BCUT2D eigenvalue weighted by Gasteiger charge is -2.21. The van der Waals surface area contributed by atoms with Gasteiger partial charge in [-0.15, -0.1) is 0 Å². The molecule has 2 aromatic carbocycles. The van der Waals surface area contributed by atoms with E-state index in [4.69, 9.17) is 8.85 Å². The highest BCUT2D eigenvalue weighted by Gasteiger charge is 2.17. The van der Waals surface area contributed by atoms with Crippen LogP contribution >= 0.6 is 0 Å². The Morgan fingerprint density at radius 2 is 1.58 bits per heavy atom. The number of hydrogen-bond acceptors (Lipinski definition) is 3. The third-order valence-electron chi connectivity index (χ3n) is 3.98. The summed E-state index contributed by atoms with van der Waals surface area (Å²) >= 11 is 0. The fourth-order valence-corrected chi connectivity index (χ4v) is 5.02. The second-order valence-electron chi connectivity index (χ2n) is 7.04. The fraction of sp³-hybridized carbons (Fsp3) is 0.429. The summed E-state index contributed by atoms with van der Waals surface area (Å²) in [5.74, 6) is -0.00361. The summed E-state index contributed by atoms with van der Waals surface area (Å²) in [5.41, 5.74) is 3.03. The molecule has 0 amide bonds. The van der Waals surface area contributed by atoms with E-state index in [1.165, 1.54) is 12.1 Å². The number of phenolic OH excluding ortho intramolecular Hbond substituents is 1. The molecule has 1 N–H and O–H groups in total. The van der Waals surface area contributed by atoms with Crippen molar-refractivity contribution < 1.29 is 18.3 Å². The standard InChI is InChI=1S/C21H29FO3Si/c1-15(2)24-26(25-16(3)4)13-5-6-18-14-20(23)11-12-21(18)17-7-9-19(22)10-8-17/h7-12,14-16,23,26H,5-6,13H2,1-4H3. The van der Waals surface area contributed by atoms with Gasteiger partial charge in [0.25, 0.3) is 0 Å². The van der Waals surface area contributed by atoms with Crippen LogP contribution in [0, 0.1) is 5.82 Å². The Bertz CT molecular complexity index is 676. The van der Waals surface area contributed by atoms with Gasteiger partial charge in [0.1, 0.15) is 11.6 Å². The maximum atomic E-state index is 13.2. The first-order valence-corrected chi connectivity index (χ1v) is 11.0. The Labute approximate surface area is 157 Å². The van der Waals surface area contributed by atoms with Crippen LogP contribution in [-0.4, -0.2) is 26.6 Å². The van der Waals surface area contributed by atoms with Crippen molar-refractivity contribution in [1.82, 2.24) is 0 Å². The highest BCUT2D eigenvalue weighted by molar-refractivity contribution is 6.44. The number of aryl methyl sites for hydroxylation is 1. The van der Waals surface area contributed by atoms with E-state index in [-0.39, 0.29) is 23.8 Å². The van der Waals surface area contributed by atoms with Crippen LogP contribution in [0.4, 0.5) is 4.39 Å². The molecule has 0 aliphatic heterocycles. The average Bonchev–Trinajstić information content (AvgIpc) is 2.55. The second-order valence-corrected chi connectivity index (χ2v) is 9.02. The van der Waals surface area contributed by atoms with Crippen molar-refractivity contribution in [2.24, 2.45) is 0 Å². The zero-order chi connectivity index (χ0) is 19.1. The quantitative estimate of drug-likeness (QED) is 0.611. The molecule has 0 saturated heterocycles. The van der Waals surface area contributed by atoms with Gasteiger partial charge in [-0.1, -0.05) is 18.2 Å². The first-order valence-electron chi connectivity index (χ1n) is 9.24. The average molecular weight is 377 g/mol. The Morgan fingerprint density at radius 3 is 2.15 bits per heavy atom. The van der Waals surface area contributed by atoms with Gasteiger partial charge in [-0.05, 0) is 87.5 Å². The number of aromatic hydroxyl groups is 1. The number of rotatable bonds is 9. The highest BCUT2D eigenvalue weighted by atomic mass is 28.3. The molecule has 26 heavy (non-hydrogen) atoms. The second kappa shape index (κ2) is 9.85. The minimum atomic E-state index is -1.71. The Kier molecular flexibility index (Phi) is 7.81. The Balaban J connectivity index is 2.08. The number of benzene rings is 2. The maximum Gasteiger partial charge on any atom is 0.321 e. The molecule has 2 rings (SSSR count). The lowest BCUT2D eigenvalue weighted by Crippen LogP contribution is -2.29. The van der Waals surface area contributed by atoms with Crippen LogP contribution in [0.3, 0.4) is 0 Å². The molecule has 3 nitrogen and oxygen atoms in total. The number of hydrogen-bond donors (Lipinski definition) is 1. The van der Waals surface area contributed by atoms with Crippen molar-refractivity contribution in [2.45, 2.75) is 58.8 Å². The SMILES string of the molecule is CC(C)O[SiH](CCCc1cc(O)ccc1-c1ccc(F)cc1)OC(C)C. The summed E-state index contributed by atoms with van der Waals surface area (Å²) in [7, 11) is -1.71. The molecule has 0 aliphatic carbocycles. The summed E-state index contributed by atoms with van der Waals surface area (Å²) < 4.78 is 25.2. The summed E-state index contributed by atoms with van der Waals surface area (Å²) in [6.07, 6.45) is 2.07. The lowest BCUT2D eigenvalue weighted by atomic mass is 9.96. The van der Waals surface area contributed by atoms with Gasteiger partial charge < -0.3 is 14.0 Å². The Morgan fingerprint density at radius 1 is 0.962 bits per heavy atom. The lowest BCUT2D eigenvalue weighted by molar-refractivity contribution is 0.129. The summed E-state index contributed by atoms with van der Waals surface area (Å²) in [6, 6.07) is 12.7. The van der Waals surface area contributed by atoms with E-state index in [0.717, 1.165) is 35.6 Å². The zero-order valence-electron chi connectivity index (χ0n) is 16.0. The third kappa shape index (κ3) is 6.55. The number of halogens is 1. The van der Waals surface area contributed by atoms with Crippen molar-refractivity contribution in [2.75, 3.05) is 0 Å². The molecule has 0 heterocycles. The minimum Gasteiger partial charge on any atom is -0.508 e. The maximum absolute atomic E-state index is 13.2. The first-order chi connectivity index (χ1) is 12.3. The molecule has 0 atom stereocenters. The van der Waals surface area contributed by atoms with E-state index in [0.29, 0.717) is 0 Å². The van der Waals surface area contributed by atoms with Crippen LogP contribution in [-0.2, 0) is 15.3 Å². The molecule has 2 aromatic rings. The van der Waals surface area contributed by atoms with Crippen LogP contribution in [0.15, 0.2) is 42.5 Å². The van der Waals surface area contributed by atoms with Crippen molar-refractivity contribution in [3.05, 3.63) is 53.8 Å². The zero-order valence-corrected chi connectivity index (χ0v) is 17.2. The molecule has 142 valence electrons. The van der Waals surface area contributed by atoms with Crippen molar-refractivity contribution in [1.29, 1.82) is 0 Å². The fourth-order valence-electron chi connectivity index (χ4n) is 2.93. The van der Waals surface area contributed by atoms with Crippen LogP contribution in [0.2, 0.25) is 6.04 Å². The molecule has 0 bridgehead atoms. The molecule has 5 heteroatoms. The minimum absolute atomic E-state index is 0.168. The topological polar surface area (TPSA) is 38.7 Å². The molecule has 0 spiro atoms. The first kappa shape index (κ1) is 20.6. The largest absolute Gasteiger partial charge is 0.508 e. The third-order valence-corrected chi connectivity index (χ3v) is 6.55. The van der Waals surface area contributed by atoms with E-state index < -0.39 is 9.28 Å². The summed E-state index contributed by atoms with van der Waals surface area (Å²) in [4.78, 5) is 0. The van der Waals surface area contributed by atoms with Gasteiger partial charge in [-0.2, -0.15) is 0 Å². The predicted molar refractivity (Wildman–Crippen MR) is 106 cm³/mol. The van der Waals surface area contributed by atoms with Crippen molar-refractivity contribution >= 4 is 9.28 Å². The van der Waals surface area contributed by atoms with Crippen LogP contribution in [0.1, 0.15) is 39.7 Å².